The molecule has 21 heavy (non-hydrogen) atoms. The molecule has 112 valence electrons. The van der Waals surface area contributed by atoms with Crippen molar-refractivity contribution >= 4 is 11.9 Å². The maximum absolute atomic E-state index is 13.0. The largest absolute Gasteiger partial charge is 0.481 e. The fourth-order valence-electron chi connectivity index (χ4n) is 3.19. The lowest BCUT2D eigenvalue weighted by atomic mass is 9.91. The molecule has 0 unspecified atom stereocenters. The van der Waals surface area contributed by atoms with Crippen molar-refractivity contribution in [3.63, 3.8) is 0 Å². The zero-order valence-electron chi connectivity index (χ0n) is 11.7. The minimum atomic E-state index is -0.834. The van der Waals surface area contributed by atoms with Crippen LogP contribution in [-0.2, 0) is 15.0 Å². The number of halogens is 1. The zero-order chi connectivity index (χ0) is 15.0. The van der Waals surface area contributed by atoms with Gasteiger partial charge in [0.25, 0.3) is 0 Å². The van der Waals surface area contributed by atoms with E-state index in [1.807, 2.05) is 0 Å². The quantitative estimate of drug-likeness (QED) is 0.928. The summed E-state index contributed by atoms with van der Waals surface area (Å²) in [6, 6.07) is 6.08. The van der Waals surface area contributed by atoms with Gasteiger partial charge in [0.2, 0.25) is 5.91 Å². The number of carbonyl (C=O) groups excluding carboxylic acids is 1. The topological polar surface area (TPSA) is 57.6 Å². The van der Waals surface area contributed by atoms with Gasteiger partial charge in [0, 0.05) is 13.1 Å². The van der Waals surface area contributed by atoms with Crippen LogP contribution in [0.3, 0.4) is 0 Å². The number of nitrogens with zero attached hydrogens (tertiary/aromatic N) is 1. The van der Waals surface area contributed by atoms with Gasteiger partial charge in [-0.1, -0.05) is 12.1 Å². The second kappa shape index (κ2) is 5.13. The lowest BCUT2D eigenvalue weighted by Crippen LogP contribution is -2.46. The Hall–Kier alpha value is -1.91. The summed E-state index contributed by atoms with van der Waals surface area (Å²) >= 11 is 0. The van der Waals surface area contributed by atoms with Crippen LogP contribution in [0.2, 0.25) is 0 Å². The number of carboxylic acid groups (broad SMARTS) is 1. The summed E-state index contributed by atoms with van der Waals surface area (Å²) in [5, 5.41) is 9.12. The van der Waals surface area contributed by atoms with E-state index in [0.29, 0.717) is 13.0 Å². The molecule has 1 saturated heterocycles. The SMILES string of the molecule is O=C(O)[C@H]1CCCN(C(=O)C2(c3ccc(F)cc3)CC2)C1. The third-order valence-corrected chi connectivity index (χ3v) is 4.61. The maximum atomic E-state index is 13.0. The third-order valence-electron chi connectivity index (χ3n) is 4.61. The molecule has 2 fully saturated rings. The van der Waals surface area contributed by atoms with Gasteiger partial charge in [-0.05, 0) is 43.4 Å². The Balaban J connectivity index is 1.78. The number of benzene rings is 1. The molecule has 1 aliphatic carbocycles. The highest BCUT2D eigenvalue weighted by atomic mass is 19.1. The van der Waals surface area contributed by atoms with E-state index in [1.54, 1.807) is 17.0 Å². The molecule has 4 nitrogen and oxygen atoms in total. The molecule has 0 radical (unpaired) electrons. The molecule has 5 heteroatoms. The summed E-state index contributed by atoms with van der Waals surface area (Å²) in [4.78, 5) is 25.6. The first-order valence-electron chi connectivity index (χ1n) is 7.31. The maximum Gasteiger partial charge on any atom is 0.308 e. The molecule has 1 amide bonds. The molecule has 1 saturated carbocycles. The summed E-state index contributed by atoms with van der Waals surface area (Å²) in [6.45, 7) is 0.905. The summed E-state index contributed by atoms with van der Waals surface area (Å²) in [5.74, 6) is -1.61. The second-order valence-corrected chi connectivity index (χ2v) is 6.02. The van der Waals surface area contributed by atoms with Crippen LogP contribution in [0.4, 0.5) is 4.39 Å². The van der Waals surface area contributed by atoms with Gasteiger partial charge in [0.05, 0.1) is 11.3 Å². The number of carbonyl (C=O) groups is 2. The predicted molar refractivity (Wildman–Crippen MR) is 74.3 cm³/mol. The van der Waals surface area contributed by atoms with Gasteiger partial charge < -0.3 is 10.0 Å². The van der Waals surface area contributed by atoms with Gasteiger partial charge in [-0.2, -0.15) is 0 Å². The van der Waals surface area contributed by atoms with E-state index < -0.39 is 17.3 Å². The summed E-state index contributed by atoms with van der Waals surface area (Å²) in [7, 11) is 0. The van der Waals surface area contributed by atoms with Gasteiger partial charge in [0.1, 0.15) is 5.82 Å². The molecule has 1 N–H and O–H groups in total. The number of hydrogen-bond donors (Lipinski definition) is 1. The van der Waals surface area contributed by atoms with Crippen LogP contribution in [-0.4, -0.2) is 35.0 Å². The molecular weight excluding hydrogens is 273 g/mol. The van der Waals surface area contributed by atoms with Gasteiger partial charge in [-0.25, -0.2) is 4.39 Å². The minimum absolute atomic E-state index is 0.0000539. The standard InChI is InChI=1S/C16H18FNO3/c17-13-5-3-12(4-6-13)16(7-8-16)15(21)18-9-1-2-11(10-18)14(19)20/h3-6,11H,1-2,7-10H2,(H,19,20)/t11-/m0/s1. The number of aliphatic carboxylic acids is 1. The molecule has 2 aliphatic rings. The number of carboxylic acids is 1. The first-order chi connectivity index (χ1) is 10.0. The Labute approximate surface area is 122 Å². The smallest absolute Gasteiger partial charge is 0.308 e. The molecule has 1 aliphatic heterocycles. The average Bonchev–Trinajstić information content (AvgIpc) is 3.29. The van der Waals surface area contributed by atoms with Crippen LogP contribution in [0.5, 0.6) is 0 Å². The van der Waals surface area contributed by atoms with Crippen molar-refractivity contribution in [1.82, 2.24) is 4.90 Å². The summed E-state index contributed by atoms with van der Waals surface area (Å²) in [5.41, 5.74) is 0.292. The zero-order valence-corrected chi connectivity index (χ0v) is 11.7. The minimum Gasteiger partial charge on any atom is -0.481 e. The lowest BCUT2D eigenvalue weighted by molar-refractivity contribution is -0.146. The fraction of sp³-hybridized carbons (Fsp3) is 0.500. The van der Waals surface area contributed by atoms with E-state index in [0.717, 1.165) is 24.8 Å². The Morgan fingerprint density at radius 3 is 2.48 bits per heavy atom. The van der Waals surface area contributed by atoms with E-state index in [4.69, 9.17) is 5.11 Å². The molecule has 0 bridgehead atoms. The fourth-order valence-corrected chi connectivity index (χ4v) is 3.19. The van der Waals surface area contributed by atoms with Crippen LogP contribution in [0, 0.1) is 11.7 Å². The van der Waals surface area contributed by atoms with E-state index in [-0.39, 0.29) is 18.3 Å². The highest BCUT2D eigenvalue weighted by Gasteiger charge is 2.53. The van der Waals surface area contributed by atoms with Crippen LogP contribution in [0.1, 0.15) is 31.2 Å². The van der Waals surface area contributed by atoms with E-state index >= 15 is 0 Å². The van der Waals surface area contributed by atoms with E-state index in [2.05, 4.69) is 0 Å². The summed E-state index contributed by atoms with van der Waals surface area (Å²) in [6.07, 6.45) is 2.86. The highest BCUT2D eigenvalue weighted by Crippen LogP contribution is 2.50. The number of amides is 1. The first kappa shape index (κ1) is 14.0. The van der Waals surface area contributed by atoms with Crippen LogP contribution in [0.15, 0.2) is 24.3 Å². The van der Waals surface area contributed by atoms with Crippen LogP contribution >= 0.6 is 0 Å². The second-order valence-electron chi connectivity index (χ2n) is 6.02. The molecule has 1 atom stereocenters. The monoisotopic (exact) mass is 291 g/mol. The molecule has 1 heterocycles. The van der Waals surface area contributed by atoms with Crippen molar-refractivity contribution in [2.75, 3.05) is 13.1 Å². The Kier molecular flexibility index (Phi) is 3.43. The predicted octanol–water partition coefficient (Wildman–Crippen LogP) is 2.18. The van der Waals surface area contributed by atoms with Crippen LogP contribution in [0.25, 0.3) is 0 Å². The van der Waals surface area contributed by atoms with Gasteiger partial charge in [-0.15, -0.1) is 0 Å². The van der Waals surface area contributed by atoms with Crippen molar-refractivity contribution in [1.29, 1.82) is 0 Å². The van der Waals surface area contributed by atoms with Gasteiger partial charge in [0.15, 0.2) is 0 Å². The number of rotatable bonds is 3. The average molecular weight is 291 g/mol. The number of piperidine rings is 1. The van der Waals surface area contributed by atoms with Crippen LogP contribution < -0.4 is 0 Å². The molecule has 1 aromatic carbocycles. The van der Waals surface area contributed by atoms with E-state index in [9.17, 15) is 14.0 Å². The first-order valence-corrected chi connectivity index (χ1v) is 7.31. The Morgan fingerprint density at radius 2 is 1.90 bits per heavy atom. The van der Waals surface area contributed by atoms with Gasteiger partial charge in [-0.3, -0.25) is 9.59 Å². The highest BCUT2D eigenvalue weighted by molar-refractivity contribution is 5.91. The van der Waals surface area contributed by atoms with Gasteiger partial charge >= 0.3 is 5.97 Å². The molecule has 0 spiro atoms. The van der Waals surface area contributed by atoms with Crippen molar-refractivity contribution in [3.8, 4) is 0 Å². The third kappa shape index (κ3) is 2.52. The molecule has 1 aromatic rings. The molecule has 0 aromatic heterocycles. The van der Waals surface area contributed by atoms with Crippen molar-refractivity contribution in [3.05, 3.63) is 35.6 Å². The van der Waals surface area contributed by atoms with Crippen molar-refractivity contribution in [2.24, 2.45) is 5.92 Å². The lowest BCUT2D eigenvalue weighted by Gasteiger charge is -2.33. The summed E-state index contributed by atoms with van der Waals surface area (Å²) < 4.78 is 13.0. The van der Waals surface area contributed by atoms with Crippen molar-refractivity contribution in [2.45, 2.75) is 31.1 Å². The Morgan fingerprint density at radius 1 is 1.24 bits per heavy atom. The Bertz CT molecular complexity index is 565. The number of likely N-dealkylation sites (tertiary alicyclic amines) is 1. The molecular formula is C16H18FNO3. The molecule has 3 rings (SSSR count). The number of hydrogen-bond acceptors (Lipinski definition) is 2. The van der Waals surface area contributed by atoms with E-state index in [1.165, 1.54) is 12.1 Å². The van der Waals surface area contributed by atoms with Crippen molar-refractivity contribution < 1.29 is 19.1 Å². The normalized spacial score (nSPS) is 23.7.